The molecule has 0 heterocycles. The van der Waals surface area contributed by atoms with E-state index >= 15 is 0 Å². The molecule has 0 amide bonds. The van der Waals surface area contributed by atoms with Crippen molar-refractivity contribution in [3.05, 3.63) is 0 Å². The van der Waals surface area contributed by atoms with Gasteiger partial charge >= 0.3 is 41.8 Å². The molecule has 0 aliphatic rings. The second-order valence-corrected chi connectivity index (χ2v) is 10.4. The lowest BCUT2D eigenvalue weighted by Gasteiger charge is -2.39. The lowest BCUT2D eigenvalue weighted by atomic mass is 9.88. The Bertz CT molecular complexity index is 994. The van der Waals surface area contributed by atoms with Gasteiger partial charge in [-0.1, -0.05) is 53.4 Å². The van der Waals surface area contributed by atoms with E-state index in [0.29, 0.717) is 51.4 Å². The summed E-state index contributed by atoms with van der Waals surface area (Å²) < 4.78 is 31.7. The number of esters is 5. The number of carboxylic acids is 2. The average Bonchev–Trinajstić information content (AvgIpc) is 2.95. The SMILES string of the molecule is CCCCOC(=O)CC(CC(=O)O)(OC(C(=O)OCCCC)C(CC(=O)OCCCC)(OC(C)=O)C(=O)OCCCC)C(=O)O. The molecule has 0 aromatic heterocycles. The summed E-state index contributed by atoms with van der Waals surface area (Å²) in [5.41, 5.74) is -6.11. The van der Waals surface area contributed by atoms with Crippen molar-refractivity contribution in [1.29, 1.82) is 0 Å². The quantitative estimate of drug-likeness (QED) is 0.0826. The van der Waals surface area contributed by atoms with E-state index in [1.807, 2.05) is 6.92 Å². The predicted molar refractivity (Wildman–Crippen MR) is 155 cm³/mol. The Labute approximate surface area is 263 Å². The minimum atomic E-state index is -3.06. The summed E-state index contributed by atoms with van der Waals surface area (Å²) in [4.78, 5) is 90.2. The number of carboxylic acid groups (broad SMARTS) is 2. The second-order valence-electron chi connectivity index (χ2n) is 10.4. The fourth-order valence-corrected chi connectivity index (χ4v) is 3.85. The lowest BCUT2D eigenvalue weighted by molar-refractivity contribution is -0.232. The number of carbonyl (C=O) groups is 7. The molecule has 0 aromatic rings. The van der Waals surface area contributed by atoms with Crippen molar-refractivity contribution in [2.24, 2.45) is 0 Å². The Hall–Kier alpha value is -3.75. The number of ether oxygens (including phenoxy) is 6. The molecule has 15 nitrogen and oxygen atoms in total. The zero-order chi connectivity index (χ0) is 34.5. The minimum Gasteiger partial charge on any atom is -0.481 e. The highest BCUT2D eigenvalue weighted by atomic mass is 16.6. The van der Waals surface area contributed by atoms with Crippen LogP contribution in [0.15, 0.2) is 0 Å². The van der Waals surface area contributed by atoms with Gasteiger partial charge in [0.05, 0.1) is 45.7 Å². The van der Waals surface area contributed by atoms with Crippen LogP contribution in [0.25, 0.3) is 0 Å². The van der Waals surface area contributed by atoms with E-state index in [9.17, 15) is 43.8 Å². The zero-order valence-corrected chi connectivity index (χ0v) is 26.9. The summed E-state index contributed by atoms with van der Waals surface area (Å²) in [7, 11) is 0. The van der Waals surface area contributed by atoms with Gasteiger partial charge in [0.1, 0.15) is 0 Å². The summed E-state index contributed by atoms with van der Waals surface area (Å²) in [6.45, 7) is 7.27. The van der Waals surface area contributed by atoms with Crippen molar-refractivity contribution in [1.82, 2.24) is 0 Å². The maximum atomic E-state index is 13.7. The van der Waals surface area contributed by atoms with Gasteiger partial charge in [0.25, 0.3) is 5.60 Å². The van der Waals surface area contributed by atoms with Crippen molar-refractivity contribution >= 4 is 41.8 Å². The van der Waals surface area contributed by atoms with Crippen LogP contribution >= 0.6 is 0 Å². The number of hydrogen-bond donors (Lipinski definition) is 2. The van der Waals surface area contributed by atoms with Gasteiger partial charge in [-0.15, -0.1) is 0 Å². The van der Waals surface area contributed by atoms with Gasteiger partial charge < -0.3 is 38.6 Å². The smallest absolute Gasteiger partial charge is 0.354 e. The highest BCUT2D eigenvalue weighted by molar-refractivity contribution is 5.96. The normalized spacial score (nSPS) is 14.2. The number of hydrogen-bond acceptors (Lipinski definition) is 13. The summed E-state index contributed by atoms with van der Waals surface area (Å²) >= 11 is 0. The molecule has 0 saturated heterocycles. The molecule has 15 heteroatoms. The third kappa shape index (κ3) is 14.7. The third-order valence-corrected chi connectivity index (χ3v) is 6.31. The highest BCUT2D eigenvalue weighted by Gasteiger charge is 2.61. The average molecular weight is 649 g/mol. The van der Waals surface area contributed by atoms with Crippen molar-refractivity contribution in [2.45, 2.75) is 123 Å². The summed E-state index contributed by atoms with van der Waals surface area (Å²) in [5.74, 6) is -10.3. The maximum absolute atomic E-state index is 13.7. The minimum absolute atomic E-state index is 0.107. The second kappa shape index (κ2) is 21.9. The molecular formula is C30H48O15. The maximum Gasteiger partial charge on any atom is 0.354 e. The molecule has 45 heavy (non-hydrogen) atoms. The monoisotopic (exact) mass is 648 g/mol. The lowest BCUT2D eigenvalue weighted by Crippen LogP contribution is -2.63. The van der Waals surface area contributed by atoms with Crippen LogP contribution in [0, 0.1) is 0 Å². The number of carbonyl (C=O) groups excluding carboxylic acids is 5. The molecule has 258 valence electrons. The first-order valence-electron chi connectivity index (χ1n) is 15.2. The standard InChI is InChI=1S/C30H48O15/c1-6-10-14-40-23(34)19-29(27(37)38,18-22(32)33)45-25(26(36)42-16-12-8-3)30(44-21(5)31,28(39)43-17-13-9-4)20-24(35)41-15-11-7-2/h25H,6-20H2,1-5H3,(H,32,33)(H,37,38). The number of unbranched alkanes of at least 4 members (excludes halogenated alkanes) is 4. The van der Waals surface area contributed by atoms with Crippen LogP contribution in [0.5, 0.6) is 0 Å². The molecule has 0 rings (SSSR count). The number of rotatable bonds is 25. The van der Waals surface area contributed by atoms with Crippen molar-refractivity contribution in [3.63, 3.8) is 0 Å². The predicted octanol–water partition coefficient (Wildman–Crippen LogP) is 3.13. The van der Waals surface area contributed by atoms with E-state index < -0.39 is 78.4 Å². The van der Waals surface area contributed by atoms with Crippen molar-refractivity contribution < 1.29 is 72.2 Å². The molecular weight excluding hydrogens is 600 g/mol. The third-order valence-electron chi connectivity index (χ3n) is 6.31. The molecule has 0 aliphatic heterocycles. The Morgan fingerprint density at radius 3 is 1.49 bits per heavy atom. The van der Waals surface area contributed by atoms with Gasteiger partial charge in [-0.2, -0.15) is 0 Å². The van der Waals surface area contributed by atoms with Gasteiger partial charge in [0.15, 0.2) is 5.60 Å². The molecule has 0 radical (unpaired) electrons. The largest absolute Gasteiger partial charge is 0.481 e. The summed E-state index contributed by atoms with van der Waals surface area (Å²) in [6, 6.07) is 0. The molecule has 0 spiro atoms. The Kier molecular flexibility index (Phi) is 20.0. The first kappa shape index (κ1) is 41.2. The van der Waals surface area contributed by atoms with Crippen LogP contribution in [0.1, 0.15) is 105 Å². The first-order chi connectivity index (χ1) is 21.2. The van der Waals surface area contributed by atoms with Gasteiger partial charge in [-0.05, 0) is 25.7 Å². The fraction of sp³-hybridized carbons (Fsp3) is 0.767. The first-order valence-corrected chi connectivity index (χ1v) is 15.2. The number of aliphatic carboxylic acids is 2. The molecule has 0 saturated carbocycles. The van der Waals surface area contributed by atoms with E-state index in [2.05, 4.69) is 0 Å². The molecule has 2 N–H and O–H groups in total. The zero-order valence-electron chi connectivity index (χ0n) is 26.9. The van der Waals surface area contributed by atoms with Gasteiger partial charge in [-0.3, -0.25) is 19.2 Å². The molecule has 3 atom stereocenters. The van der Waals surface area contributed by atoms with Crippen LogP contribution in [-0.2, 0) is 62.0 Å². The Balaban J connectivity index is 7.36. The van der Waals surface area contributed by atoms with Crippen LogP contribution in [0.2, 0.25) is 0 Å². The Morgan fingerprint density at radius 1 is 0.622 bits per heavy atom. The molecule has 0 aliphatic carbocycles. The van der Waals surface area contributed by atoms with E-state index in [1.165, 1.54) is 0 Å². The van der Waals surface area contributed by atoms with Crippen LogP contribution in [-0.4, -0.2) is 95.7 Å². The molecule has 0 aromatic carbocycles. The highest BCUT2D eigenvalue weighted by Crippen LogP contribution is 2.35. The van der Waals surface area contributed by atoms with Crippen molar-refractivity contribution in [2.75, 3.05) is 26.4 Å². The van der Waals surface area contributed by atoms with E-state index in [-0.39, 0.29) is 26.4 Å². The Morgan fingerprint density at radius 2 is 1.07 bits per heavy atom. The van der Waals surface area contributed by atoms with E-state index in [0.717, 1.165) is 6.92 Å². The molecule has 0 bridgehead atoms. The fourth-order valence-electron chi connectivity index (χ4n) is 3.85. The van der Waals surface area contributed by atoms with Gasteiger partial charge in [-0.25, -0.2) is 14.4 Å². The van der Waals surface area contributed by atoms with Crippen LogP contribution < -0.4 is 0 Å². The molecule has 3 unspecified atom stereocenters. The summed E-state index contributed by atoms with van der Waals surface area (Å²) in [5, 5.41) is 19.9. The van der Waals surface area contributed by atoms with Crippen LogP contribution in [0.3, 0.4) is 0 Å². The molecule has 0 fully saturated rings. The summed E-state index contributed by atoms with van der Waals surface area (Å²) in [6.07, 6.45) is -2.65. The van der Waals surface area contributed by atoms with E-state index in [1.54, 1.807) is 20.8 Å². The van der Waals surface area contributed by atoms with Crippen LogP contribution in [0.4, 0.5) is 0 Å². The van der Waals surface area contributed by atoms with Gasteiger partial charge in [0.2, 0.25) is 6.10 Å². The topological polar surface area (TPSA) is 215 Å². The van der Waals surface area contributed by atoms with Gasteiger partial charge in [0, 0.05) is 6.92 Å². The van der Waals surface area contributed by atoms with Crippen molar-refractivity contribution in [3.8, 4) is 0 Å². The van der Waals surface area contributed by atoms with E-state index in [4.69, 9.17) is 28.4 Å².